The third-order valence-electron chi connectivity index (χ3n) is 2.51. The lowest BCUT2D eigenvalue weighted by Gasteiger charge is -2.16. The zero-order valence-electron chi connectivity index (χ0n) is 8.85. The first-order valence-corrected chi connectivity index (χ1v) is 5.59. The van der Waals surface area contributed by atoms with E-state index in [1.807, 2.05) is 13.0 Å². The molecule has 15 heavy (non-hydrogen) atoms. The van der Waals surface area contributed by atoms with Crippen LogP contribution in [-0.2, 0) is 0 Å². The van der Waals surface area contributed by atoms with Gasteiger partial charge in [-0.2, -0.15) is 0 Å². The highest BCUT2D eigenvalue weighted by molar-refractivity contribution is 9.10. The summed E-state index contributed by atoms with van der Waals surface area (Å²) in [5.41, 5.74) is 7.99. The summed E-state index contributed by atoms with van der Waals surface area (Å²) in [4.78, 5) is 0. The Morgan fingerprint density at radius 1 is 1.53 bits per heavy atom. The maximum Gasteiger partial charge on any atom is 0.140 e. The number of hydrogen-bond donors (Lipinski definition) is 2. The van der Waals surface area contributed by atoms with Crippen molar-refractivity contribution in [3.63, 3.8) is 0 Å². The van der Waals surface area contributed by atoms with E-state index < -0.39 is 0 Å². The van der Waals surface area contributed by atoms with Crippen LogP contribution in [0.1, 0.15) is 29.2 Å². The lowest BCUT2D eigenvalue weighted by Crippen LogP contribution is -2.14. The van der Waals surface area contributed by atoms with Gasteiger partial charge in [0, 0.05) is 12.6 Å². The predicted octanol–water partition coefficient (Wildman–Crippen LogP) is 2.59. The molecule has 1 aromatic rings. The van der Waals surface area contributed by atoms with Gasteiger partial charge in [0.15, 0.2) is 0 Å². The van der Waals surface area contributed by atoms with E-state index in [0.717, 1.165) is 11.1 Å². The number of halogens is 2. The van der Waals surface area contributed by atoms with Crippen LogP contribution in [0.2, 0.25) is 0 Å². The van der Waals surface area contributed by atoms with E-state index in [4.69, 9.17) is 10.8 Å². The first kappa shape index (κ1) is 12.6. The minimum absolute atomic E-state index is 0.0112. The molecule has 4 heteroatoms. The van der Waals surface area contributed by atoms with Crippen LogP contribution in [0.15, 0.2) is 10.5 Å². The molecule has 0 radical (unpaired) electrons. The molecule has 1 rings (SSSR count). The minimum Gasteiger partial charge on any atom is -0.396 e. The SMILES string of the molecule is Cc1cc(C(N)CCO)c(C)c(F)c1Br. The normalized spacial score (nSPS) is 12.9. The number of aliphatic hydroxyl groups is 1. The fraction of sp³-hybridized carbons (Fsp3) is 0.455. The fourth-order valence-electron chi connectivity index (χ4n) is 1.55. The zero-order valence-corrected chi connectivity index (χ0v) is 10.4. The lowest BCUT2D eigenvalue weighted by atomic mass is 9.97. The smallest absolute Gasteiger partial charge is 0.140 e. The number of aryl methyl sites for hydroxylation is 1. The summed E-state index contributed by atoms with van der Waals surface area (Å²) in [6.45, 7) is 3.53. The molecular formula is C11H15BrFNO. The molecule has 0 fully saturated rings. The molecule has 0 saturated heterocycles. The number of rotatable bonds is 3. The maximum absolute atomic E-state index is 13.7. The number of aliphatic hydroxyl groups excluding tert-OH is 1. The molecule has 0 aliphatic rings. The largest absolute Gasteiger partial charge is 0.396 e. The van der Waals surface area contributed by atoms with E-state index in [1.54, 1.807) is 6.92 Å². The van der Waals surface area contributed by atoms with Gasteiger partial charge in [-0.25, -0.2) is 4.39 Å². The highest BCUT2D eigenvalue weighted by atomic mass is 79.9. The van der Waals surface area contributed by atoms with Gasteiger partial charge in [-0.1, -0.05) is 6.07 Å². The molecule has 0 heterocycles. The molecule has 0 aliphatic heterocycles. The molecule has 1 atom stereocenters. The topological polar surface area (TPSA) is 46.2 Å². The molecule has 1 unspecified atom stereocenters. The summed E-state index contributed by atoms with van der Waals surface area (Å²) in [6, 6.07) is 1.55. The summed E-state index contributed by atoms with van der Waals surface area (Å²) in [5, 5.41) is 8.80. The molecule has 0 spiro atoms. The van der Waals surface area contributed by atoms with Crippen LogP contribution >= 0.6 is 15.9 Å². The zero-order chi connectivity index (χ0) is 11.6. The van der Waals surface area contributed by atoms with Crippen molar-refractivity contribution in [2.24, 2.45) is 5.73 Å². The van der Waals surface area contributed by atoms with Crippen molar-refractivity contribution < 1.29 is 9.50 Å². The Balaban J connectivity index is 3.19. The van der Waals surface area contributed by atoms with Crippen LogP contribution in [0, 0.1) is 19.7 Å². The second-order valence-corrected chi connectivity index (χ2v) is 4.45. The molecule has 0 saturated carbocycles. The van der Waals surface area contributed by atoms with Crippen LogP contribution in [0.5, 0.6) is 0 Å². The van der Waals surface area contributed by atoms with Crippen molar-refractivity contribution in [1.82, 2.24) is 0 Å². The van der Waals surface area contributed by atoms with Gasteiger partial charge >= 0.3 is 0 Å². The Labute approximate surface area is 97.4 Å². The Hall–Kier alpha value is -0.450. The second kappa shape index (κ2) is 5.05. The van der Waals surface area contributed by atoms with Gasteiger partial charge in [0.25, 0.3) is 0 Å². The van der Waals surface area contributed by atoms with E-state index in [-0.39, 0.29) is 18.5 Å². The standard InChI is InChI=1S/C11H15BrFNO/c1-6-5-8(9(14)3-4-15)7(2)11(13)10(6)12/h5,9,15H,3-4,14H2,1-2H3. The van der Waals surface area contributed by atoms with Crippen molar-refractivity contribution >= 4 is 15.9 Å². The summed E-state index contributed by atoms with van der Waals surface area (Å²) in [6.07, 6.45) is 0.446. The Morgan fingerprint density at radius 3 is 2.67 bits per heavy atom. The third-order valence-corrected chi connectivity index (χ3v) is 3.49. The Bertz CT molecular complexity index is 368. The van der Waals surface area contributed by atoms with E-state index in [9.17, 15) is 4.39 Å². The van der Waals surface area contributed by atoms with Crippen LogP contribution < -0.4 is 5.73 Å². The van der Waals surface area contributed by atoms with E-state index in [1.165, 1.54) is 0 Å². The average Bonchev–Trinajstić information content (AvgIpc) is 2.20. The molecule has 84 valence electrons. The van der Waals surface area contributed by atoms with Crippen molar-refractivity contribution in [1.29, 1.82) is 0 Å². The molecule has 0 aliphatic carbocycles. The minimum atomic E-state index is -0.309. The van der Waals surface area contributed by atoms with Gasteiger partial charge in [-0.15, -0.1) is 0 Å². The summed E-state index contributed by atoms with van der Waals surface area (Å²) >= 11 is 3.19. The number of nitrogens with two attached hydrogens (primary N) is 1. The maximum atomic E-state index is 13.7. The van der Waals surface area contributed by atoms with Crippen LogP contribution in [-0.4, -0.2) is 11.7 Å². The average molecular weight is 276 g/mol. The van der Waals surface area contributed by atoms with Crippen molar-refractivity contribution in [2.45, 2.75) is 26.3 Å². The lowest BCUT2D eigenvalue weighted by molar-refractivity contribution is 0.276. The molecular weight excluding hydrogens is 261 g/mol. The van der Waals surface area contributed by atoms with E-state index >= 15 is 0 Å². The fourth-order valence-corrected chi connectivity index (χ4v) is 1.96. The van der Waals surface area contributed by atoms with Gasteiger partial charge in [-0.05, 0) is 52.9 Å². The molecule has 1 aromatic carbocycles. The number of hydrogen-bond acceptors (Lipinski definition) is 2. The first-order valence-electron chi connectivity index (χ1n) is 4.80. The van der Waals surface area contributed by atoms with E-state index in [2.05, 4.69) is 15.9 Å². The van der Waals surface area contributed by atoms with Crippen molar-refractivity contribution in [3.05, 3.63) is 33.0 Å². The van der Waals surface area contributed by atoms with E-state index in [0.29, 0.717) is 16.5 Å². The summed E-state index contributed by atoms with van der Waals surface area (Å²) < 4.78 is 14.2. The molecule has 0 aromatic heterocycles. The first-order chi connectivity index (χ1) is 6.99. The highest BCUT2D eigenvalue weighted by Crippen LogP contribution is 2.29. The molecule has 0 amide bonds. The van der Waals surface area contributed by atoms with Crippen LogP contribution in [0.25, 0.3) is 0 Å². The van der Waals surface area contributed by atoms with Crippen molar-refractivity contribution in [2.75, 3.05) is 6.61 Å². The molecule has 0 bridgehead atoms. The Kier molecular flexibility index (Phi) is 4.25. The van der Waals surface area contributed by atoms with Gasteiger partial charge in [0.1, 0.15) is 5.82 Å². The monoisotopic (exact) mass is 275 g/mol. The van der Waals surface area contributed by atoms with Gasteiger partial charge < -0.3 is 10.8 Å². The van der Waals surface area contributed by atoms with Gasteiger partial charge in [0.2, 0.25) is 0 Å². The van der Waals surface area contributed by atoms with Crippen LogP contribution in [0.3, 0.4) is 0 Å². The summed E-state index contributed by atoms with van der Waals surface area (Å²) in [7, 11) is 0. The highest BCUT2D eigenvalue weighted by Gasteiger charge is 2.15. The quantitative estimate of drug-likeness (QED) is 0.891. The van der Waals surface area contributed by atoms with Crippen molar-refractivity contribution in [3.8, 4) is 0 Å². The summed E-state index contributed by atoms with van der Waals surface area (Å²) in [5.74, 6) is -0.265. The second-order valence-electron chi connectivity index (χ2n) is 3.65. The number of benzene rings is 1. The predicted molar refractivity (Wildman–Crippen MR) is 62.2 cm³/mol. The van der Waals surface area contributed by atoms with Crippen LogP contribution in [0.4, 0.5) is 4.39 Å². The molecule has 2 nitrogen and oxygen atoms in total. The van der Waals surface area contributed by atoms with Gasteiger partial charge in [-0.3, -0.25) is 0 Å². The van der Waals surface area contributed by atoms with Gasteiger partial charge in [0.05, 0.1) is 4.47 Å². The third kappa shape index (κ3) is 2.56. The molecule has 3 N–H and O–H groups in total. The Morgan fingerprint density at radius 2 is 2.13 bits per heavy atom.